The lowest BCUT2D eigenvalue weighted by molar-refractivity contribution is 0.339. The van der Waals surface area contributed by atoms with Crippen molar-refractivity contribution in [1.82, 2.24) is 0 Å². The summed E-state index contributed by atoms with van der Waals surface area (Å²) in [5.74, 6) is -9.80. The average molecular weight is 365 g/mol. The van der Waals surface area contributed by atoms with Gasteiger partial charge in [0.2, 0.25) is 5.82 Å². The summed E-state index contributed by atoms with van der Waals surface area (Å²) in [6.45, 7) is 0. The summed E-state index contributed by atoms with van der Waals surface area (Å²) in [6.07, 6.45) is -1.91. The van der Waals surface area contributed by atoms with Crippen molar-refractivity contribution in [2.75, 3.05) is 0 Å². The normalized spacial score (nSPS) is 20.7. The second-order valence-corrected chi connectivity index (χ2v) is 5.43. The minimum absolute atomic E-state index is 0.590. The smallest absolute Gasteiger partial charge is 0.200 e. The fourth-order valence-corrected chi connectivity index (χ4v) is 2.37. The Bertz CT molecular complexity index is 687. The molecular formula is C14H6BrF5O. The zero-order chi connectivity index (χ0) is 15.3. The predicted octanol–water partition coefficient (Wildman–Crippen LogP) is 4.96. The molecule has 110 valence electrons. The van der Waals surface area contributed by atoms with Gasteiger partial charge in [0, 0.05) is 4.47 Å². The van der Waals surface area contributed by atoms with Crippen molar-refractivity contribution in [2.45, 2.75) is 12.2 Å². The van der Waals surface area contributed by atoms with Crippen LogP contribution in [0.4, 0.5) is 22.0 Å². The lowest BCUT2D eigenvalue weighted by atomic mass is 10.0. The Hall–Kier alpha value is -1.47. The Kier molecular flexibility index (Phi) is 3.49. The van der Waals surface area contributed by atoms with Gasteiger partial charge < -0.3 is 4.74 Å². The zero-order valence-corrected chi connectivity index (χ0v) is 11.7. The first-order chi connectivity index (χ1) is 9.91. The fourth-order valence-electron chi connectivity index (χ4n) is 2.11. The molecule has 1 aliphatic rings. The van der Waals surface area contributed by atoms with Gasteiger partial charge in [-0.05, 0) is 17.7 Å². The van der Waals surface area contributed by atoms with E-state index in [1.165, 1.54) is 0 Å². The van der Waals surface area contributed by atoms with Crippen LogP contribution in [0.2, 0.25) is 0 Å². The van der Waals surface area contributed by atoms with Crippen molar-refractivity contribution in [2.24, 2.45) is 0 Å². The molecule has 0 spiro atoms. The highest BCUT2D eigenvalue weighted by atomic mass is 79.9. The molecule has 21 heavy (non-hydrogen) atoms. The van der Waals surface area contributed by atoms with Crippen LogP contribution >= 0.6 is 15.9 Å². The van der Waals surface area contributed by atoms with E-state index in [1.54, 1.807) is 24.3 Å². The molecular weight excluding hydrogens is 359 g/mol. The average Bonchev–Trinajstić information content (AvgIpc) is 3.24. The first-order valence-corrected chi connectivity index (χ1v) is 6.63. The fraction of sp³-hybridized carbons (Fsp3) is 0.143. The van der Waals surface area contributed by atoms with E-state index >= 15 is 0 Å². The molecule has 0 unspecified atom stereocenters. The molecule has 2 aromatic rings. The second-order valence-electron chi connectivity index (χ2n) is 4.51. The van der Waals surface area contributed by atoms with E-state index in [0.29, 0.717) is 5.56 Å². The van der Waals surface area contributed by atoms with Gasteiger partial charge in [0.25, 0.3) is 0 Å². The first kappa shape index (κ1) is 14.5. The molecule has 0 radical (unpaired) electrons. The van der Waals surface area contributed by atoms with Crippen molar-refractivity contribution >= 4 is 15.9 Å². The summed E-state index contributed by atoms with van der Waals surface area (Å²) in [4.78, 5) is 0. The van der Waals surface area contributed by atoms with Gasteiger partial charge >= 0.3 is 0 Å². The quantitative estimate of drug-likeness (QED) is 0.317. The molecule has 3 rings (SSSR count). The third kappa shape index (κ3) is 2.34. The number of ether oxygens (including phenoxy) is 1. The van der Waals surface area contributed by atoms with Crippen LogP contribution in [0.25, 0.3) is 0 Å². The summed E-state index contributed by atoms with van der Waals surface area (Å²) in [5, 5.41) is 0. The number of rotatable bonds is 2. The third-order valence-electron chi connectivity index (χ3n) is 3.22. The molecule has 1 heterocycles. The summed E-state index contributed by atoms with van der Waals surface area (Å²) in [7, 11) is 0. The van der Waals surface area contributed by atoms with E-state index in [1.807, 2.05) is 0 Å². The first-order valence-electron chi connectivity index (χ1n) is 5.84. The van der Waals surface area contributed by atoms with Crippen LogP contribution in [0.15, 0.2) is 28.7 Å². The zero-order valence-electron chi connectivity index (χ0n) is 10.1. The Balaban J connectivity index is 1.99. The van der Waals surface area contributed by atoms with Crippen molar-refractivity contribution in [3.63, 3.8) is 0 Å². The Labute approximate surface area is 124 Å². The van der Waals surface area contributed by atoms with Crippen molar-refractivity contribution in [3.05, 3.63) is 69.0 Å². The molecule has 2 aromatic carbocycles. The maximum Gasteiger partial charge on any atom is 0.200 e. The van der Waals surface area contributed by atoms with Crippen LogP contribution in [0, 0.1) is 29.1 Å². The van der Waals surface area contributed by atoms with Gasteiger partial charge in [-0.25, -0.2) is 22.0 Å². The lowest BCUT2D eigenvalue weighted by Gasteiger charge is -2.05. The molecule has 0 aromatic heterocycles. The predicted molar refractivity (Wildman–Crippen MR) is 66.9 cm³/mol. The summed E-state index contributed by atoms with van der Waals surface area (Å²) < 4.78 is 72.4. The van der Waals surface area contributed by atoms with Crippen LogP contribution < -0.4 is 0 Å². The van der Waals surface area contributed by atoms with E-state index in [-0.39, 0.29) is 0 Å². The molecule has 0 bridgehead atoms. The molecule has 0 amide bonds. The molecule has 7 heteroatoms. The van der Waals surface area contributed by atoms with Crippen molar-refractivity contribution in [1.29, 1.82) is 0 Å². The minimum atomic E-state index is -2.17. The monoisotopic (exact) mass is 364 g/mol. The third-order valence-corrected chi connectivity index (χ3v) is 3.75. The molecule has 0 N–H and O–H groups in total. The molecule has 1 fully saturated rings. The number of benzene rings is 2. The van der Waals surface area contributed by atoms with Crippen LogP contribution in [0.1, 0.15) is 23.3 Å². The lowest BCUT2D eigenvalue weighted by Crippen LogP contribution is -2.06. The second kappa shape index (κ2) is 5.06. The number of hydrogen-bond acceptors (Lipinski definition) is 1. The highest BCUT2D eigenvalue weighted by Gasteiger charge is 2.47. The highest BCUT2D eigenvalue weighted by Crippen LogP contribution is 2.53. The largest absolute Gasteiger partial charge is 0.359 e. The van der Waals surface area contributed by atoms with E-state index in [2.05, 4.69) is 15.9 Å². The van der Waals surface area contributed by atoms with Crippen LogP contribution in [0.5, 0.6) is 0 Å². The Morgan fingerprint density at radius 1 is 0.714 bits per heavy atom. The van der Waals surface area contributed by atoms with Gasteiger partial charge in [0.05, 0.1) is 5.56 Å². The number of halogens is 6. The molecule has 0 saturated carbocycles. The SMILES string of the molecule is Fc1c(F)c(F)c([C@@H]2O[C@@H]2c2ccc(Br)cc2)c(F)c1F. The van der Waals surface area contributed by atoms with Gasteiger partial charge in [0.1, 0.15) is 12.2 Å². The summed E-state index contributed by atoms with van der Waals surface area (Å²) in [5.41, 5.74) is -0.341. The van der Waals surface area contributed by atoms with E-state index in [4.69, 9.17) is 4.74 Å². The van der Waals surface area contributed by atoms with E-state index in [0.717, 1.165) is 4.47 Å². The van der Waals surface area contributed by atoms with Gasteiger partial charge in [0.15, 0.2) is 23.3 Å². The van der Waals surface area contributed by atoms with Crippen molar-refractivity contribution in [3.8, 4) is 0 Å². The maximum atomic E-state index is 13.6. The van der Waals surface area contributed by atoms with E-state index < -0.39 is 46.9 Å². The Morgan fingerprint density at radius 2 is 1.19 bits per heavy atom. The Morgan fingerprint density at radius 3 is 1.71 bits per heavy atom. The topological polar surface area (TPSA) is 12.5 Å². The van der Waals surface area contributed by atoms with Crippen LogP contribution in [-0.2, 0) is 4.74 Å². The molecule has 1 saturated heterocycles. The molecule has 1 nitrogen and oxygen atoms in total. The summed E-state index contributed by atoms with van der Waals surface area (Å²) in [6, 6.07) is 6.65. The minimum Gasteiger partial charge on any atom is -0.359 e. The maximum absolute atomic E-state index is 13.6. The van der Waals surface area contributed by atoms with Gasteiger partial charge in [-0.3, -0.25) is 0 Å². The number of epoxide rings is 1. The molecule has 0 aliphatic carbocycles. The highest BCUT2D eigenvalue weighted by molar-refractivity contribution is 9.10. The van der Waals surface area contributed by atoms with Gasteiger partial charge in [-0.15, -0.1) is 0 Å². The van der Waals surface area contributed by atoms with Gasteiger partial charge in [-0.1, -0.05) is 28.1 Å². The summed E-state index contributed by atoms with van der Waals surface area (Å²) >= 11 is 3.22. The van der Waals surface area contributed by atoms with Crippen LogP contribution in [-0.4, -0.2) is 0 Å². The molecule has 2 atom stereocenters. The van der Waals surface area contributed by atoms with Crippen molar-refractivity contribution < 1.29 is 26.7 Å². The van der Waals surface area contributed by atoms with Gasteiger partial charge in [-0.2, -0.15) is 0 Å². The standard InChI is InChI=1S/C14H6BrF5O/c15-6-3-1-5(2-4-6)13-14(21-13)7-8(16)10(18)12(20)11(19)9(7)17/h1-4,13-14H/t13-,14+/m1/s1. The van der Waals surface area contributed by atoms with E-state index in [9.17, 15) is 22.0 Å². The number of hydrogen-bond donors (Lipinski definition) is 0. The molecule has 1 aliphatic heterocycles. The van der Waals surface area contributed by atoms with Crippen LogP contribution in [0.3, 0.4) is 0 Å².